The van der Waals surface area contributed by atoms with E-state index in [1.807, 2.05) is 12.1 Å². The SMILES string of the molecule is C=C(/C=C\SCNC(=O)c1ccc(OC)c(COc2ccccc2Cl)c1)C(N)=O. The van der Waals surface area contributed by atoms with Gasteiger partial charge in [0.1, 0.15) is 18.1 Å². The molecule has 0 bridgehead atoms. The lowest BCUT2D eigenvalue weighted by Crippen LogP contribution is -2.22. The smallest absolute Gasteiger partial charge is 0.251 e. The van der Waals surface area contributed by atoms with Crippen molar-refractivity contribution in [1.29, 1.82) is 0 Å². The summed E-state index contributed by atoms with van der Waals surface area (Å²) in [5.41, 5.74) is 6.46. The number of carbonyl (C=O) groups is 2. The molecule has 2 aromatic carbocycles. The first-order valence-corrected chi connectivity index (χ1v) is 9.94. The van der Waals surface area contributed by atoms with Crippen LogP contribution in [0.25, 0.3) is 0 Å². The van der Waals surface area contributed by atoms with Crippen molar-refractivity contribution < 1.29 is 19.1 Å². The molecular formula is C21H21ClN2O4S. The second-order valence-electron chi connectivity index (χ2n) is 5.75. The summed E-state index contributed by atoms with van der Waals surface area (Å²) in [7, 11) is 1.55. The van der Waals surface area contributed by atoms with Crippen LogP contribution >= 0.6 is 23.4 Å². The summed E-state index contributed by atoms with van der Waals surface area (Å²) in [5.74, 6) is 0.637. The van der Waals surface area contributed by atoms with Gasteiger partial charge in [-0.05, 0) is 41.8 Å². The molecule has 29 heavy (non-hydrogen) atoms. The van der Waals surface area contributed by atoms with Crippen molar-refractivity contribution in [1.82, 2.24) is 5.32 Å². The average molecular weight is 433 g/mol. The zero-order valence-electron chi connectivity index (χ0n) is 15.8. The highest BCUT2D eigenvalue weighted by Gasteiger charge is 2.11. The molecule has 0 fully saturated rings. The number of thioether (sulfide) groups is 1. The number of hydrogen-bond acceptors (Lipinski definition) is 5. The molecule has 0 aliphatic rings. The summed E-state index contributed by atoms with van der Waals surface area (Å²) in [6.45, 7) is 3.71. The molecule has 2 aromatic rings. The lowest BCUT2D eigenvalue weighted by atomic mass is 10.1. The monoisotopic (exact) mass is 432 g/mol. The molecule has 0 saturated heterocycles. The molecule has 0 aromatic heterocycles. The van der Waals surface area contributed by atoms with Crippen molar-refractivity contribution in [3.63, 3.8) is 0 Å². The van der Waals surface area contributed by atoms with Crippen LogP contribution < -0.4 is 20.5 Å². The van der Waals surface area contributed by atoms with E-state index in [2.05, 4.69) is 11.9 Å². The molecule has 8 heteroatoms. The highest BCUT2D eigenvalue weighted by atomic mass is 35.5. The normalized spacial score (nSPS) is 10.6. The molecule has 2 rings (SSSR count). The van der Waals surface area contributed by atoms with Crippen molar-refractivity contribution in [2.75, 3.05) is 13.0 Å². The second kappa shape index (κ2) is 11.2. The maximum absolute atomic E-state index is 12.4. The van der Waals surface area contributed by atoms with Crippen LogP contribution in [-0.2, 0) is 11.4 Å². The Bertz CT molecular complexity index is 931. The third kappa shape index (κ3) is 6.89. The van der Waals surface area contributed by atoms with Crippen LogP contribution in [0, 0.1) is 0 Å². The van der Waals surface area contributed by atoms with E-state index in [-0.39, 0.29) is 18.1 Å². The highest BCUT2D eigenvalue weighted by molar-refractivity contribution is 8.02. The van der Waals surface area contributed by atoms with Crippen molar-refractivity contribution in [3.05, 3.63) is 82.3 Å². The molecule has 0 unspecified atom stereocenters. The van der Waals surface area contributed by atoms with Gasteiger partial charge in [-0.1, -0.05) is 30.3 Å². The summed E-state index contributed by atoms with van der Waals surface area (Å²) in [6.07, 6.45) is 1.50. The van der Waals surface area contributed by atoms with E-state index in [9.17, 15) is 9.59 Å². The number of para-hydroxylation sites is 1. The zero-order chi connectivity index (χ0) is 21.2. The van der Waals surface area contributed by atoms with E-state index < -0.39 is 5.91 Å². The van der Waals surface area contributed by atoms with Gasteiger partial charge in [0, 0.05) is 16.7 Å². The summed E-state index contributed by atoms with van der Waals surface area (Å²) >= 11 is 7.40. The number of rotatable bonds is 10. The first-order chi connectivity index (χ1) is 13.9. The predicted octanol–water partition coefficient (Wildman–Crippen LogP) is 3.90. The van der Waals surface area contributed by atoms with E-state index in [0.29, 0.717) is 33.5 Å². The predicted molar refractivity (Wildman–Crippen MR) is 116 cm³/mol. The summed E-state index contributed by atoms with van der Waals surface area (Å²) in [5, 5.41) is 4.92. The Balaban J connectivity index is 1.97. The van der Waals surface area contributed by atoms with Crippen LogP contribution in [0.15, 0.2) is 66.1 Å². The maximum atomic E-state index is 12.4. The topological polar surface area (TPSA) is 90.7 Å². The molecular weight excluding hydrogens is 412 g/mol. The van der Waals surface area contributed by atoms with E-state index in [0.717, 1.165) is 0 Å². The molecule has 152 valence electrons. The van der Waals surface area contributed by atoms with Gasteiger partial charge in [0.15, 0.2) is 0 Å². The Morgan fingerprint density at radius 1 is 1.24 bits per heavy atom. The minimum atomic E-state index is -0.587. The van der Waals surface area contributed by atoms with Crippen molar-refractivity contribution >= 4 is 35.2 Å². The van der Waals surface area contributed by atoms with Crippen LogP contribution in [0.1, 0.15) is 15.9 Å². The fraction of sp³-hybridized carbons (Fsp3) is 0.143. The number of primary amides is 1. The fourth-order valence-corrected chi connectivity index (χ4v) is 2.98. The Hall–Kier alpha value is -2.90. The largest absolute Gasteiger partial charge is 0.496 e. The first kappa shape index (κ1) is 22.4. The van der Waals surface area contributed by atoms with Gasteiger partial charge in [-0.15, -0.1) is 11.8 Å². The Kier molecular flexibility index (Phi) is 8.64. The molecule has 2 amide bonds. The minimum Gasteiger partial charge on any atom is -0.496 e. The van der Waals surface area contributed by atoms with Gasteiger partial charge in [0.2, 0.25) is 5.91 Å². The van der Waals surface area contributed by atoms with Gasteiger partial charge in [-0.25, -0.2) is 0 Å². The summed E-state index contributed by atoms with van der Waals surface area (Å²) in [6, 6.07) is 12.2. The number of carbonyl (C=O) groups excluding carboxylic acids is 2. The van der Waals surface area contributed by atoms with E-state index in [4.69, 9.17) is 26.8 Å². The molecule has 3 N–H and O–H groups in total. The third-order valence-electron chi connectivity index (χ3n) is 3.76. The molecule has 0 atom stereocenters. The molecule has 0 aliphatic carbocycles. The van der Waals surface area contributed by atoms with Crippen LogP contribution in [0.3, 0.4) is 0 Å². The van der Waals surface area contributed by atoms with Crippen LogP contribution in [0.2, 0.25) is 5.02 Å². The average Bonchev–Trinajstić information content (AvgIpc) is 2.72. The van der Waals surface area contributed by atoms with Crippen LogP contribution in [0.4, 0.5) is 0 Å². The molecule has 6 nitrogen and oxygen atoms in total. The van der Waals surface area contributed by atoms with Crippen LogP contribution in [0.5, 0.6) is 11.5 Å². The lowest BCUT2D eigenvalue weighted by Gasteiger charge is -2.13. The summed E-state index contributed by atoms with van der Waals surface area (Å²) in [4.78, 5) is 23.3. The van der Waals surface area contributed by atoms with E-state index >= 15 is 0 Å². The Morgan fingerprint density at radius 2 is 2.00 bits per heavy atom. The number of methoxy groups -OCH3 is 1. The van der Waals surface area contributed by atoms with Gasteiger partial charge < -0.3 is 20.5 Å². The van der Waals surface area contributed by atoms with Gasteiger partial charge >= 0.3 is 0 Å². The number of halogens is 1. The Labute approximate surface area is 178 Å². The maximum Gasteiger partial charge on any atom is 0.251 e. The highest BCUT2D eigenvalue weighted by Crippen LogP contribution is 2.26. The van der Waals surface area contributed by atoms with Gasteiger partial charge in [0.05, 0.1) is 18.0 Å². The van der Waals surface area contributed by atoms with Crippen molar-refractivity contribution in [2.24, 2.45) is 5.73 Å². The second-order valence-corrected chi connectivity index (χ2v) is 7.06. The number of hydrogen-bond donors (Lipinski definition) is 2. The van der Waals surface area contributed by atoms with Gasteiger partial charge in [0.25, 0.3) is 5.91 Å². The van der Waals surface area contributed by atoms with Crippen LogP contribution in [-0.4, -0.2) is 24.8 Å². The van der Waals surface area contributed by atoms with E-state index in [1.165, 1.54) is 17.8 Å². The minimum absolute atomic E-state index is 0.195. The number of benzene rings is 2. The summed E-state index contributed by atoms with van der Waals surface area (Å²) < 4.78 is 11.1. The third-order valence-corrected chi connectivity index (χ3v) is 4.71. The van der Waals surface area contributed by atoms with E-state index in [1.54, 1.807) is 42.8 Å². The molecule has 0 spiro atoms. The Morgan fingerprint density at radius 3 is 2.69 bits per heavy atom. The molecule has 0 aliphatic heterocycles. The molecule has 0 heterocycles. The van der Waals surface area contributed by atoms with Gasteiger partial charge in [-0.3, -0.25) is 9.59 Å². The zero-order valence-corrected chi connectivity index (χ0v) is 17.4. The molecule has 0 radical (unpaired) electrons. The number of amides is 2. The molecule has 0 saturated carbocycles. The number of nitrogens with one attached hydrogen (secondary N) is 1. The van der Waals surface area contributed by atoms with Gasteiger partial charge in [-0.2, -0.15) is 0 Å². The van der Waals surface area contributed by atoms with Crippen molar-refractivity contribution in [3.8, 4) is 11.5 Å². The fourth-order valence-electron chi connectivity index (χ4n) is 2.22. The number of ether oxygens (including phenoxy) is 2. The number of nitrogens with two attached hydrogens (primary N) is 1. The quantitative estimate of drug-likeness (QED) is 0.257. The first-order valence-electron chi connectivity index (χ1n) is 8.51. The lowest BCUT2D eigenvalue weighted by molar-refractivity contribution is -0.114. The standard InChI is InChI=1S/C21H21ClN2O4S/c1-14(20(23)25)9-10-29-13-24-21(26)15-7-8-18(27-2)16(11-15)12-28-19-6-4-3-5-17(19)22/h3-11H,1,12-13H2,2H3,(H2,23,25)(H,24,26)/b10-9-. The van der Waals surface area contributed by atoms with Crippen molar-refractivity contribution in [2.45, 2.75) is 6.61 Å².